The maximum atomic E-state index is 11.9. The first kappa shape index (κ1) is 15.5. The molecule has 0 bridgehead atoms. The Balaban J connectivity index is 1.98. The fourth-order valence-electron chi connectivity index (χ4n) is 1.95. The Hall–Kier alpha value is -1.88. The number of carbonyl (C=O) groups is 1. The van der Waals surface area contributed by atoms with Crippen molar-refractivity contribution in [1.82, 2.24) is 10.3 Å². The lowest BCUT2D eigenvalue weighted by Crippen LogP contribution is -2.30. The fraction of sp³-hybridized carbons (Fsp3) is 0.375. The number of amides is 1. The van der Waals surface area contributed by atoms with Gasteiger partial charge in [0.25, 0.3) is 0 Å². The van der Waals surface area contributed by atoms with Crippen molar-refractivity contribution in [2.75, 3.05) is 6.61 Å². The van der Waals surface area contributed by atoms with E-state index in [1.165, 1.54) is 11.3 Å². The summed E-state index contributed by atoms with van der Waals surface area (Å²) < 4.78 is 5.18. The van der Waals surface area contributed by atoms with Crippen LogP contribution in [0, 0.1) is 0 Å². The summed E-state index contributed by atoms with van der Waals surface area (Å²) in [6.07, 6.45) is 3.97. The number of unbranched alkanes of at least 4 members (excludes halogenated alkanes) is 1. The number of nitrogens with zero attached hydrogens (tertiary/aromatic N) is 1. The first-order valence-corrected chi connectivity index (χ1v) is 8.04. The number of thiazole rings is 1. The highest BCUT2D eigenvalue weighted by atomic mass is 32.1. The van der Waals surface area contributed by atoms with Crippen LogP contribution in [-0.4, -0.2) is 17.7 Å². The fourth-order valence-corrected chi connectivity index (χ4v) is 2.64. The maximum absolute atomic E-state index is 11.9. The molecule has 21 heavy (non-hydrogen) atoms. The van der Waals surface area contributed by atoms with Crippen molar-refractivity contribution >= 4 is 17.4 Å². The van der Waals surface area contributed by atoms with Crippen LogP contribution in [0.5, 0.6) is 0 Å². The molecule has 0 fully saturated rings. The Labute approximate surface area is 129 Å². The topological polar surface area (TPSA) is 51.2 Å². The van der Waals surface area contributed by atoms with Crippen molar-refractivity contribution in [1.29, 1.82) is 0 Å². The summed E-state index contributed by atoms with van der Waals surface area (Å²) in [6, 6.07) is 9.91. The number of benzene rings is 1. The highest BCUT2D eigenvalue weighted by molar-refractivity contribution is 7.09. The van der Waals surface area contributed by atoms with Gasteiger partial charge >= 0.3 is 6.09 Å². The number of alkyl carbamates (subject to hydrolysis) is 1. The molecule has 1 heterocycles. The van der Waals surface area contributed by atoms with E-state index in [0.717, 1.165) is 23.4 Å². The standard InChI is InChI=1S/C16H20N2O2S/c1-2-3-10-20-16(19)18-14(15-17-9-11-21-15)12-13-7-5-4-6-8-13/h4-9,11,14H,2-3,10,12H2,1H3,(H,18,19)/t14-/m0/s1. The molecule has 1 N–H and O–H groups in total. The van der Waals surface area contributed by atoms with Gasteiger partial charge in [0.15, 0.2) is 0 Å². The van der Waals surface area contributed by atoms with Gasteiger partial charge < -0.3 is 10.1 Å². The molecule has 5 heteroatoms. The van der Waals surface area contributed by atoms with Crippen molar-refractivity contribution < 1.29 is 9.53 Å². The third kappa shape index (κ3) is 5.19. The predicted molar refractivity (Wildman–Crippen MR) is 84.4 cm³/mol. The van der Waals surface area contributed by atoms with Crippen LogP contribution in [0.2, 0.25) is 0 Å². The third-order valence-corrected chi connectivity index (χ3v) is 3.94. The molecule has 112 valence electrons. The molecule has 0 aliphatic rings. The lowest BCUT2D eigenvalue weighted by atomic mass is 10.1. The van der Waals surface area contributed by atoms with Crippen LogP contribution in [0.25, 0.3) is 0 Å². The highest BCUT2D eigenvalue weighted by Crippen LogP contribution is 2.20. The Morgan fingerprint density at radius 1 is 1.38 bits per heavy atom. The molecule has 1 amide bonds. The van der Waals surface area contributed by atoms with E-state index in [0.29, 0.717) is 13.0 Å². The van der Waals surface area contributed by atoms with E-state index >= 15 is 0 Å². The normalized spacial score (nSPS) is 11.9. The van der Waals surface area contributed by atoms with Crippen molar-refractivity contribution in [3.63, 3.8) is 0 Å². The Bertz CT molecular complexity index is 528. The van der Waals surface area contributed by atoms with Crippen LogP contribution in [-0.2, 0) is 11.2 Å². The quantitative estimate of drug-likeness (QED) is 0.788. The second-order valence-electron chi connectivity index (χ2n) is 4.75. The van der Waals surface area contributed by atoms with Gasteiger partial charge in [-0.3, -0.25) is 0 Å². The molecule has 1 aromatic heterocycles. The van der Waals surface area contributed by atoms with Crippen molar-refractivity contribution in [2.45, 2.75) is 32.2 Å². The predicted octanol–water partition coefficient (Wildman–Crippen LogP) is 3.95. The summed E-state index contributed by atoms with van der Waals surface area (Å²) in [4.78, 5) is 16.2. The monoisotopic (exact) mass is 304 g/mol. The second kappa shape index (κ2) is 8.42. The van der Waals surface area contributed by atoms with Gasteiger partial charge in [-0.1, -0.05) is 43.7 Å². The molecule has 0 saturated heterocycles. The number of aromatic nitrogens is 1. The van der Waals surface area contributed by atoms with Crippen LogP contribution in [0.1, 0.15) is 36.4 Å². The molecule has 0 aliphatic carbocycles. The summed E-state index contributed by atoms with van der Waals surface area (Å²) in [5, 5.41) is 5.72. The summed E-state index contributed by atoms with van der Waals surface area (Å²) in [5.41, 5.74) is 1.16. The van der Waals surface area contributed by atoms with Gasteiger partial charge in [-0.15, -0.1) is 11.3 Å². The Morgan fingerprint density at radius 2 is 2.19 bits per heavy atom. The van der Waals surface area contributed by atoms with E-state index < -0.39 is 0 Å². The van der Waals surface area contributed by atoms with Crippen LogP contribution in [0.3, 0.4) is 0 Å². The second-order valence-corrected chi connectivity index (χ2v) is 5.67. The number of hydrogen-bond acceptors (Lipinski definition) is 4. The van der Waals surface area contributed by atoms with E-state index in [9.17, 15) is 4.79 Å². The SMILES string of the molecule is CCCCOC(=O)N[C@@H](Cc1ccccc1)c1nccs1. The maximum Gasteiger partial charge on any atom is 0.407 e. The first-order valence-electron chi connectivity index (χ1n) is 7.16. The van der Waals surface area contributed by atoms with Crippen LogP contribution < -0.4 is 5.32 Å². The van der Waals surface area contributed by atoms with E-state index in [2.05, 4.69) is 17.2 Å². The van der Waals surface area contributed by atoms with Gasteiger partial charge in [-0.25, -0.2) is 9.78 Å². The third-order valence-electron chi connectivity index (χ3n) is 3.06. The molecule has 0 radical (unpaired) electrons. The van der Waals surface area contributed by atoms with Gasteiger partial charge in [-0.2, -0.15) is 0 Å². The average Bonchev–Trinajstić information content (AvgIpc) is 3.02. The van der Waals surface area contributed by atoms with Gasteiger partial charge in [0, 0.05) is 11.6 Å². The number of hydrogen-bond donors (Lipinski definition) is 1. The van der Waals surface area contributed by atoms with Crippen LogP contribution >= 0.6 is 11.3 Å². The smallest absolute Gasteiger partial charge is 0.407 e. The molecule has 0 unspecified atom stereocenters. The minimum Gasteiger partial charge on any atom is -0.450 e. The summed E-state index contributed by atoms with van der Waals surface area (Å²) in [6.45, 7) is 2.52. The molecule has 1 atom stereocenters. The zero-order valence-electron chi connectivity index (χ0n) is 12.1. The molecule has 2 aromatic rings. The summed E-state index contributed by atoms with van der Waals surface area (Å²) in [5.74, 6) is 0. The lowest BCUT2D eigenvalue weighted by Gasteiger charge is -2.16. The van der Waals surface area contributed by atoms with Crippen LogP contribution in [0.4, 0.5) is 4.79 Å². The largest absolute Gasteiger partial charge is 0.450 e. The van der Waals surface area contributed by atoms with E-state index in [-0.39, 0.29) is 12.1 Å². The minimum absolute atomic E-state index is 0.151. The van der Waals surface area contributed by atoms with Crippen LogP contribution in [0.15, 0.2) is 41.9 Å². The molecule has 1 aromatic carbocycles. The van der Waals surface area contributed by atoms with Crippen molar-refractivity contribution in [3.05, 3.63) is 52.5 Å². The first-order chi connectivity index (χ1) is 10.3. The molecule has 0 saturated carbocycles. The Morgan fingerprint density at radius 3 is 2.86 bits per heavy atom. The molecule has 4 nitrogen and oxygen atoms in total. The molecular weight excluding hydrogens is 284 g/mol. The molecule has 2 rings (SSSR count). The molecule has 0 aliphatic heterocycles. The number of nitrogens with one attached hydrogen (secondary N) is 1. The average molecular weight is 304 g/mol. The van der Waals surface area contributed by atoms with E-state index in [4.69, 9.17) is 4.74 Å². The zero-order chi connectivity index (χ0) is 14.9. The number of rotatable bonds is 7. The minimum atomic E-state index is -0.375. The van der Waals surface area contributed by atoms with E-state index in [1.54, 1.807) is 6.20 Å². The van der Waals surface area contributed by atoms with Crippen molar-refractivity contribution in [2.24, 2.45) is 0 Å². The number of carbonyl (C=O) groups excluding carboxylic acids is 1. The van der Waals surface area contributed by atoms with Gasteiger partial charge in [0.1, 0.15) is 5.01 Å². The zero-order valence-corrected chi connectivity index (χ0v) is 12.9. The Kier molecular flexibility index (Phi) is 6.22. The summed E-state index contributed by atoms with van der Waals surface area (Å²) >= 11 is 1.54. The number of ether oxygens (including phenoxy) is 1. The van der Waals surface area contributed by atoms with Gasteiger partial charge in [0.05, 0.1) is 12.6 Å². The van der Waals surface area contributed by atoms with Gasteiger partial charge in [0.2, 0.25) is 0 Å². The highest BCUT2D eigenvalue weighted by Gasteiger charge is 2.18. The van der Waals surface area contributed by atoms with E-state index in [1.807, 2.05) is 35.7 Å². The van der Waals surface area contributed by atoms with Crippen molar-refractivity contribution in [3.8, 4) is 0 Å². The summed E-state index contributed by atoms with van der Waals surface area (Å²) in [7, 11) is 0. The molecular formula is C16H20N2O2S. The lowest BCUT2D eigenvalue weighted by molar-refractivity contribution is 0.140. The molecule has 0 spiro atoms. The van der Waals surface area contributed by atoms with Gasteiger partial charge in [-0.05, 0) is 18.4 Å².